The first-order valence-electron chi connectivity index (χ1n) is 6.41. The van der Waals surface area contributed by atoms with E-state index in [2.05, 4.69) is 0 Å². The Hall–Kier alpha value is -1.91. The van der Waals surface area contributed by atoms with Gasteiger partial charge >= 0.3 is 5.97 Å². The molecule has 0 aliphatic carbocycles. The first-order chi connectivity index (χ1) is 8.93. The molecule has 1 aliphatic rings. The summed E-state index contributed by atoms with van der Waals surface area (Å²) in [7, 11) is 0. The molecule has 2 rings (SSSR count). The van der Waals surface area contributed by atoms with E-state index in [1.807, 2.05) is 30.9 Å². The number of benzene rings is 1. The van der Waals surface area contributed by atoms with E-state index in [9.17, 15) is 4.79 Å². The van der Waals surface area contributed by atoms with Crippen LogP contribution in [-0.2, 0) is 9.53 Å². The Labute approximate surface area is 113 Å². The van der Waals surface area contributed by atoms with Crippen molar-refractivity contribution in [2.75, 3.05) is 30.3 Å². The molecule has 0 aromatic heterocycles. The maximum Gasteiger partial charge on any atom is 0.325 e. The van der Waals surface area contributed by atoms with E-state index in [0.717, 1.165) is 5.69 Å². The van der Waals surface area contributed by atoms with Crippen molar-refractivity contribution in [1.82, 2.24) is 0 Å². The molecule has 0 amide bonds. The summed E-state index contributed by atoms with van der Waals surface area (Å²) in [6.07, 6.45) is 0. The number of esters is 1. The first kappa shape index (κ1) is 13.5. The Balaban J connectivity index is 2.31. The second kappa shape index (κ2) is 4.99. The molecule has 104 valence electrons. The minimum Gasteiger partial charge on any atom is -0.484 e. The van der Waals surface area contributed by atoms with E-state index in [1.165, 1.54) is 0 Å². The highest BCUT2D eigenvalue weighted by Crippen LogP contribution is 2.40. The highest BCUT2D eigenvalue weighted by atomic mass is 16.5. The van der Waals surface area contributed by atoms with Gasteiger partial charge in [-0.3, -0.25) is 4.79 Å². The molecule has 0 unspecified atom stereocenters. The number of ether oxygens (including phenoxy) is 2. The largest absolute Gasteiger partial charge is 0.484 e. The zero-order valence-electron chi connectivity index (χ0n) is 11.6. The monoisotopic (exact) mass is 264 g/mol. The SMILES string of the molecule is CCOC(=O)CN1CC(C)(C)Oc2cccc(N)c21. The van der Waals surface area contributed by atoms with Crippen molar-refractivity contribution in [2.45, 2.75) is 26.4 Å². The maximum absolute atomic E-state index is 11.7. The van der Waals surface area contributed by atoms with Crippen LogP contribution in [0.3, 0.4) is 0 Å². The number of nitrogen functional groups attached to an aromatic ring is 1. The lowest BCUT2D eigenvalue weighted by Gasteiger charge is -2.40. The molecule has 0 saturated carbocycles. The van der Waals surface area contributed by atoms with Gasteiger partial charge in [-0.2, -0.15) is 0 Å². The van der Waals surface area contributed by atoms with Crippen LogP contribution in [0.25, 0.3) is 0 Å². The number of hydrogen-bond acceptors (Lipinski definition) is 5. The lowest BCUT2D eigenvalue weighted by atomic mass is 10.0. The fraction of sp³-hybridized carbons (Fsp3) is 0.500. The van der Waals surface area contributed by atoms with Gasteiger partial charge in [-0.25, -0.2) is 0 Å². The van der Waals surface area contributed by atoms with Gasteiger partial charge in [-0.15, -0.1) is 0 Å². The van der Waals surface area contributed by atoms with Gasteiger partial charge in [0, 0.05) is 0 Å². The Morgan fingerprint density at radius 2 is 2.26 bits per heavy atom. The van der Waals surface area contributed by atoms with E-state index < -0.39 is 0 Å². The highest BCUT2D eigenvalue weighted by Gasteiger charge is 2.33. The third-order valence-corrected chi connectivity index (χ3v) is 2.93. The molecule has 1 aromatic rings. The Kier molecular flexibility index (Phi) is 3.55. The zero-order chi connectivity index (χ0) is 14.0. The number of nitrogens with two attached hydrogens (primary N) is 1. The molecular weight excluding hydrogens is 244 g/mol. The van der Waals surface area contributed by atoms with Crippen molar-refractivity contribution in [3.63, 3.8) is 0 Å². The van der Waals surface area contributed by atoms with Crippen LogP contribution in [0.1, 0.15) is 20.8 Å². The number of rotatable bonds is 3. The fourth-order valence-electron chi connectivity index (χ4n) is 2.33. The van der Waals surface area contributed by atoms with Crippen LogP contribution in [0.5, 0.6) is 5.75 Å². The molecule has 2 N–H and O–H groups in total. The van der Waals surface area contributed by atoms with Gasteiger partial charge in [0.1, 0.15) is 23.6 Å². The van der Waals surface area contributed by atoms with Crippen molar-refractivity contribution >= 4 is 17.3 Å². The molecule has 0 saturated heterocycles. The fourth-order valence-corrected chi connectivity index (χ4v) is 2.33. The molecule has 0 atom stereocenters. The lowest BCUT2D eigenvalue weighted by molar-refractivity contribution is -0.141. The van der Waals surface area contributed by atoms with Gasteiger partial charge in [0.2, 0.25) is 0 Å². The number of fused-ring (bicyclic) bond motifs is 1. The van der Waals surface area contributed by atoms with Crippen molar-refractivity contribution in [2.24, 2.45) is 0 Å². The molecule has 5 nitrogen and oxygen atoms in total. The van der Waals surface area contributed by atoms with Crippen LogP contribution >= 0.6 is 0 Å². The van der Waals surface area contributed by atoms with Gasteiger partial charge in [-0.1, -0.05) is 6.07 Å². The van der Waals surface area contributed by atoms with E-state index >= 15 is 0 Å². The Bertz CT molecular complexity index is 486. The number of carbonyl (C=O) groups is 1. The topological polar surface area (TPSA) is 64.8 Å². The molecule has 19 heavy (non-hydrogen) atoms. The number of para-hydroxylation sites is 1. The quantitative estimate of drug-likeness (QED) is 0.666. The summed E-state index contributed by atoms with van der Waals surface area (Å²) in [5.41, 5.74) is 7.01. The minimum atomic E-state index is -0.368. The van der Waals surface area contributed by atoms with Crippen LogP contribution in [0.15, 0.2) is 18.2 Å². The van der Waals surface area contributed by atoms with Gasteiger partial charge < -0.3 is 20.1 Å². The average Bonchev–Trinajstić information content (AvgIpc) is 2.26. The third-order valence-electron chi connectivity index (χ3n) is 2.93. The van der Waals surface area contributed by atoms with Crippen molar-refractivity contribution in [1.29, 1.82) is 0 Å². The molecule has 1 aliphatic heterocycles. The van der Waals surface area contributed by atoms with E-state index in [4.69, 9.17) is 15.2 Å². The highest BCUT2D eigenvalue weighted by molar-refractivity contribution is 5.82. The summed E-state index contributed by atoms with van der Waals surface area (Å²) in [4.78, 5) is 13.6. The molecule has 1 aromatic carbocycles. The van der Waals surface area contributed by atoms with Gasteiger partial charge in [0.25, 0.3) is 0 Å². The summed E-state index contributed by atoms with van der Waals surface area (Å²) < 4.78 is 10.9. The maximum atomic E-state index is 11.7. The van der Waals surface area contributed by atoms with E-state index in [0.29, 0.717) is 24.6 Å². The second-order valence-corrected chi connectivity index (χ2v) is 5.22. The Morgan fingerprint density at radius 1 is 1.53 bits per heavy atom. The van der Waals surface area contributed by atoms with Crippen LogP contribution in [0.2, 0.25) is 0 Å². The standard InChI is InChI=1S/C14H20N2O3/c1-4-18-12(17)8-16-9-14(2,3)19-11-7-5-6-10(15)13(11)16/h5-7H,4,8-9,15H2,1-3H3. The molecule has 0 radical (unpaired) electrons. The first-order valence-corrected chi connectivity index (χ1v) is 6.41. The Morgan fingerprint density at radius 3 is 2.95 bits per heavy atom. The normalized spacial score (nSPS) is 16.5. The molecule has 1 heterocycles. The lowest BCUT2D eigenvalue weighted by Crippen LogP contribution is -2.49. The summed E-state index contributed by atoms with van der Waals surface area (Å²) in [6, 6.07) is 5.52. The summed E-state index contributed by atoms with van der Waals surface area (Å²) in [6.45, 7) is 6.91. The smallest absolute Gasteiger partial charge is 0.325 e. The van der Waals surface area contributed by atoms with E-state index in [1.54, 1.807) is 13.0 Å². The third kappa shape index (κ3) is 2.92. The predicted octanol–water partition coefficient (Wildman–Crippen LogP) is 1.81. The average molecular weight is 264 g/mol. The van der Waals surface area contributed by atoms with Gasteiger partial charge in [-0.05, 0) is 32.9 Å². The summed E-state index contributed by atoms with van der Waals surface area (Å²) >= 11 is 0. The molecule has 0 bridgehead atoms. The molecule has 5 heteroatoms. The minimum absolute atomic E-state index is 0.182. The number of hydrogen-bond donors (Lipinski definition) is 1. The molecule has 0 fully saturated rings. The van der Waals surface area contributed by atoms with Gasteiger partial charge in [0.15, 0.2) is 0 Å². The second-order valence-electron chi connectivity index (χ2n) is 5.22. The van der Waals surface area contributed by atoms with Crippen molar-refractivity contribution in [3.05, 3.63) is 18.2 Å². The van der Waals surface area contributed by atoms with Crippen LogP contribution in [0.4, 0.5) is 11.4 Å². The number of anilines is 2. The number of carbonyl (C=O) groups excluding carboxylic acids is 1. The molecule has 0 spiro atoms. The van der Waals surface area contributed by atoms with Crippen LogP contribution < -0.4 is 15.4 Å². The number of nitrogens with zero attached hydrogens (tertiary/aromatic N) is 1. The molecular formula is C14H20N2O3. The van der Waals surface area contributed by atoms with Crippen LogP contribution in [-0.4, -0.2) is 31.3 Å². The van der Waals surface area contributed by atoms with Gasteiger partial charge in [0.05, 0.1) is 18.8 Å². The van der Waals surface area contributed by atoms with E-state index in [-0.39, 0.29) is 18.1 Å². The zero-order valence-corrected chi connectivity index (χ0v) is 11.6. The van der Waals surface area contributed by atoms with Crippen molar-refractivity contribution < 1.29 is 14.3 Å². The van der Waals surface area contributed by atoms with Crippen LogP contribution in [0, 0.1) is 0 Å². The predicted molar refractivity (Wildman–Crippen MR) is 74.4 cm³/mol. The summed E-state index contributed by atoms with van der Waals surface area (Å²) in [5, 5.41) is 0. The van der Waals surface area contributed by atoms with Crippen molar-refractivity contribution in [3.8, 4) is 5.75 Å². The summed E-state index contributed by atoms with van der Waals surface area (Å²) in [5.74, 6) is 0.454.